The Morgan fingerprint density at radius 3 is 2.80 bits per heavy atom. The van der Waals surface area contributed by atoms with Crippen molar-refractivity contribution in [3.8, 4) is 17.7 Å². The van der Waals surface area contributed by atoms with Gasteiger partial charge in [-0.3, -0.25) is 0 Å². The van der Waals surface area contributed by atoms with E-state index in [9.17, 15) is 13.9 Å². The summed E-state index contributed by atoms with van der Waals surface area (Å²) in [5, 5.41) is 17.8. The van der Waals surface area contributed by atoms with Crippen LogP contribution in [0, 0.1) is 11.3 Å². The first-order valence-corrected chi connectivity index (χ1v) is 4.01. The van der Waals surface area contributed by atoms with E-state index in [-0.39, 0.29) is 17.9 Å². The molecule has 15 heavy (non-hydrogen) atoms. The predicted octanol–water partition coefficient (Wildman–Crippen LogP) is 1.80. The fourth-order valence-electron chi connectivity index (χ4n) is 1.15. The number of halogens is 2. The number of nitrogens with zero attached hydrogens (tertiary/aromatic N) is 2. The van der Waals surface area contributed by atoms with Crippen molar-refractivity contribution in [1.82, 2.24) is 4.98 Å². The molecule has 0 aliphatic rings. The number of hydrogen-bond donors (Lipinski definition) is 1. The van der Waals surface area contributed by atoms with E-state index in [1.807, 2.05) is 0 Å². The zero-order valence-corrected chi connectivity index (χ0v) is 7.87. The fraction of sp³-hybridized carbons (Fsp3) is 0.333. The lowest BCUT2D eigenvalue weighted by molar-refractivity contribution is 0.145. The summed E-state index contributed by atoms with van der Waals surface area (Å²) in [6, 6.07) is 1.72. The number of alkyl halides is 2. The molecule has 1 aromatic rings. The van der Waals surface area contributed by atoms with Crippen LogP contribution in [0.4, 0.5) is 8.78 Å². The van der Waals surface area contributed by atoms with Crippen LogP contribution in [0.1, 0.15) is 17.6 Å². The van der Waals surface area contributed by atoms with E-state index in [4.69, 9.17) is 5.26 Å². The molecule has 0 saturated carbocycles. The first kappa shape index (κ1) is 11.2. The Labute approximate surface area is 84.7 Å². The van der Waals surface area contributed by atoms with Crippen molar-refractivity contribution in [3.63, 3.8) is 0 Å². The Kier molecular flexibility index (Phi) is 3.39. The van der Waals surface area contributed by atoms with Crippen molar-refractivity contribution in [2.75, 3.05) is 7.11 Å². The number of methoxy groups -OCH3 is 1. The van der Waals surface area contributed by atoms with Crippen molar-refractivity contribution in [2.24, 2.45) is 0 Å². The summed E-state index contributed by atoms with van der Waals surface area (Å²) in [7, 11) is 1.21. The van der Waals surface area contributed by atoms with Crippen molar-refractivity contribution >= 4 is 0 Å². The first-order chi connectivity index (χ1) is 7.11. The maximum atomic E-state index is 12.6. The van der Waals surface area contributed by atoms with Gasteiger partial charge < -0.3 is 9.84 Å². The Morgan fingerprint density at radius 2 is 2.33 bits per heavy atom. The molecule has 0 radical (unpaired) electrons. The van der Waals surface area contributed by atoms with Crippen molar-refractivity contribution < 1.29 is 18.6 Å². The van der Waals surface area contributed by atoms with Crippen LogP contribution in [0.25, 0.3) is 0 Å². The quantitative estimate of drug-likeness (QED) is 0.833. The van der Waals surface area contributed by atoms with E-state index in [0.717, 1.165) is 6.20 Å². The van der Waals surface area contributed by atoms with Crippen molar-refractivity contribution in [3.05, 3.63) is 17.3 Å². The highest BCUT2D eigenvalue weighted by molar-refractivity contribution is 5.46. The largest absolute Gasteiger partial charge is 0.503 e. The van der Waals surface area contributed by atoms with E-state index in [1.165, 1.54) is 7.11 Å². The van der Waals surface area contributed by atoms with Gasteiger partial charge in [-0.15, -0.1) is 0 Å². The monoisotopic (exact) mass is 214 g/mol. The van der Waals surface area contributed by atoms with Gasteiger partial charge in [0.25, 0.3) is 12.3 Å². The van der Waals surface area contributed by atoms with E-state index in [1.54, 1.807) is 6.07 Å². The van der Waals surface area contributed by atoms with E-state index in [2.05, 4.69) is 9.72 Å². The maximum absolute atomic E-state index is 12.6. The second-order valence-corrected chi connectivity index (χ2v) is 2.69. The van der Waals surface area contributed by atoms with Crippen LogP contribution in [0.3, 0.4) is 0 Å². The fourth-order valence-corrected chi connectivity index (χ4v) is 1.15. The zero-order chi connectivity index (χ0) is 11.4. The number of hydrogen-bond acceptors (Lipinski definition) is 4. The zero-order valence-electron chi connectivity index (χ0n) is 7.87. The van der Waals surface area contributed by atoms with Gasteiger partial charge in [0.15, 0.2) is 5.75 Å². The maximum Gasteiger partial charge on any atom is 0.267 e. The van der Waals surface area contributed by atoms with Gasteiger partial charge in [-0.2, -0.15) is 5.26 Å². The molecule has 0 spiro atoms. The van der Waals surface area contributed by atoms with Crippen LogP contribution < -0.4 is 4.74 Å². The molecule has 0 aliphatic carbocycles. The van der Waals surface area contributed by atoms with E-state index >= 15 is 0 Å². The molecule has 1 aromatic heterocycles. The van der Waals surface area contributed by atoms with Gasteiger partial charge in [-0.1, -0.05) is 0 Å². The molecule has 0 aliphatic heterocycles. The molecule has 0 fully saturated rings. The average molecular weight is 214 g/mol. The molecule has 1 heterocycles. The highest BCUT2D eigenvalue weighted by atomic mass is 19.3. The second-order valence-electron chi connectivity index (χ2n) is 2.69. The Morgan fingerprint density at radius 1 is 1.67 bits per heavy atom. The number of rotatable bonds is 3. The van der Waals surface area contributed by atoms with Gasteiger partial charge in [0.1, 0.15) is 0 Å². The third-order valence-electron chi connectivity index (χ3n) is 1.82. The van der Waals surface area contributed by atoms with Gasteiger partial charge in [0.05, 0.1) is 25.2 Å². The minimum absolute atomic E-state index is 0.00537. The van der Waals surface area contributed by atoms with Crippen LogP contribution in [0.5, 0.6) is 11.6 Å². The topological polar surface area (TPSA) is 66.1 Å². The van der Waals surface area contributed by atoms with E-state index < -0.39 is 17.7 Å². The van der Waals surface area contributed by atoms with Gasteiger partial charge in [-0.05, 0) is 5.56 Å². The number of aromatic hydroxyl groups is 1. The second kappa shape index (κ2) is 4.55. The molecular formula is C9H8F2N2O2. The SMILES string of the molecule is COc1ncc(CC#N)c(C(F)F)c1O. The average Bonchev–Trinajstić information content (AvgIpc) is 2.18. The molecule has 1 rings (SSSR count). The molecule has 0 saturated heterocycles. The molecular weight excluding hydrogens is 206 g/mol. The molecule has 0 aromatic carbocycles. The molecule has 6 heteroatoms. The van der Waals surface area contributed by atoms with Crippen LogP contribution in [-0.2, 0) is 6.42 Å². The Balaban J connectivity index is 3.32. The number of pyridine rings is 1. The highest BCUT2D eigenvalue weighted by Gasteiger charge is 2.22. The normalized spacial score (nSPS) is 10.1. The van der Waals surface area contributed by atoms with Crippen molar-refractivity contribution in [2.45, 2.75) is 12.8 Å². The highest BCUT2D eigenvalue weighted by Crippen LogP contribution is 2.36. The third kappa shape index (κ3) is 2.13. The standard InChI is InChI=1S/C9H8F2N2O2/c1-15-9-7(14)6(8(10)11)5(2-3-12)4-13-9/h4,8,14H,2H2,1H3. The van der Waals surface area contributed by atoms with Gasteiger partial charge in [0, 0.05) is 6.20 Å². The molecule has 80 valence electrons. The Hall–Kier alpha value is -1.90. The lowest BCUT2D eigenvalue weighted by Crippen LogP contribution is -1.99. The summed E-state index contributed by atoms with van der Waals surface area (Å²) < 4.78 is 29.7. The summed E-state index contributed by atoms with van der Waals surface area (Å²) in [4.78, 5) is 3.60. The summed E-state index contributed by atoms with van der Waals surface area (Å²) in [5.41, 5.74) is -0.589. The third-order valence-corrected chi connectivity index (χ3v) is 1.82. The smallest absolute Gasteiger partial charge is 0.267 e. The molecule has 0 bridgehead atoms. The number of nitriles is 1. The molecule has 4 nitrogen and oxygen atoms in total. The summed E-state index contributed by atoms with van der Waals surface area (Å²) >= 11 is 0. The van der Waals surface area contributed by atoms with Gasteiger partial charge in [-0.25, -0.2) is 13.8 Å². The number of aromatic nitrogens is 1. The summed E-state index contributed by atoms with van der Waals surface area (Å²) in [6.07, 6.45) is -2.00. The summed E-state index contributed by atoms with van der Waals surface area (Å²) in [6.45, 7) is 0. The van der Waals surface area contributed by atoms with Gasteiger partial charge >= 0.3 is 0 Å². The van der Waals surface area contributed by atoms with E-state index in [0.29, 0.717) is 0 Å². The molecule has 0 amide bonds. The van der Waals surface area contributed by atoms with Crippen LogP contribution >= 0.6 is 0 Å². The minimum atomic E-state index is -2.87. The number of ether oxygens (including phenoxy) is 1. The lowest BCUT2D eigenvalue weighted by Gasteiger charge is -2.10. The molecule has 0 unspecified atom stereocenters. The summed E-state index contributed by atoms with van der Waals surface area (Å²) in [5.74, 6) is -0.979. The predicted molar refractivity (Wildman–Crippen MR) is 46.7 cm³/mol. The molecule has 0 atom stereocenters. The lowest BCUT2D eigenvalue weighted by atomic mass is 10.1. The first-order valence-electron chi connectivity index (χ1n) is 4.01. The molecule has 1 N–H and O–H groups in total. The Bertz CT molecular complexity index is 402. The van der Waals surface area contributed by atoms with Gasteiger partial charge in [0.2, 0.25) is 0 Å². The van der Waals surface area contributed by atoms with Crippen LogP contribution in [-0.4, -0.2) is 17.2 Å². The van der Waals surface area contributed by atoms with Crippen LogP contribution in [0.15, 0.2) is 6.20 Å². The van der Waals surface area contributed by atoms with Crippen molar-refractivity contribution in [1.29, 1.82) is 5.26 Å². The minimum Gasteiger partial charge on any atom is -0.503 e. The van der Waals surface area contributed by atoms with Crippen LogP contribution in [0.2, 0.25) is 0 Å².